The first-order chi connectivity index (χ1) is 12.8. The molecule has 0 bridgehead atoms. The number of rotatable bonds is 8. The van der Waals surface area contributed by atoms with Crippen LogP contribution in [0.2, 0.25) is 0 Å². The number of ether oxygens (including phenoxy) is 1. The lowest BCUT2D eigenvalue weighted by Crippen LogP contribution is -2.43. The Morgan fingerprint density at radius 3 is 2.41 bits per heavy atom. The second kappa shape index (κ2) is 8.47. The molecule has 0 fully saturated rings. The summed E-state index contributed by atoms with van der Waals surface area (Å²) in [7, 11) is -4.43. The molecule has 3 N–H and O–H groups in total. The van der Waals surface area contributed by atoms with Gasteiger partial charge in [0.1, 0.15) is 12.3 Å². The van der Waals surface area contributed by atoms with Crippen molar-refractivity contribution in [3.63, 3.8) is 0 Å². The van der Waals surface area contributed by atoms with E-state index >= 15 is 0 Å². The van der Waals surface area contributed by atoms with E-state index in [1.54, 1.807) is 6.92 Å². The molecule has 0 spiro atoms. The summed E-state index contributed by atoms with van der Waals surface area (Å²) in [6.07, 6.45) is 0. The van der Waals surface area contributed by atoms with E-state index in [-0.39, 0.29) is 5.69 Å². The number of nitrogens with one attached hydrogen (secondary N) is 1. The predicted molar refractivity (Wildman–Crippen MR) is 97.6 cm³/mol. The van der Waals surface area contributed by atoms with Gasteiger partial charge in [0.2, 0.25) is 0 Å². The van der Waals surface area contributed by atoms with E-state index in [2.05, 4.69) is 0 Å². The normalized spacial score (nSPS) is 10.9. The van der Waals surface area contributed by atoms with Crippen LogP contribution in [-0.2, 0) is 14.8 Å². The van der Waals surface area contributed by atoms with Gasteiger partial charge in [-0.15, -0.1) is 0 Å². The zero-order chi connectivity index (χ0) is 20.0. The number of hydrogen-bond acceptors (Lipinski definition) is 7. The molecule has 2 aromatic rings. The zero-order valence-electron chi connectivity index (χ0n) is 14.4. The number of benzene rings is 2. The van der Waals surface area contributed by atoms with Crippen molar-refractivity contribution in [3.8, 4) is 5.75 Å². The monoisotopic (exact) mass is 394 g/mol. The smallest absolute Gasteiger partial charge is 0.289 e. The Hall–Kier alpha value is -3.18. The number of nitro groups is 1. The van der Waals surface area contributed by atoms with Gasteiger partial charge >= 0.3 is 0 Å². The molecule has 0 heterocycles. The van der Waals surface area contributed by atoms with Crippen molar-refractivity contribution in [2.24, 2.45) is 5.84 Å². The standard InChI is InChI=1S/C16H18N4O6S/c1-2-26-13-9-7-12(8-10-13)19(11-16(21)18-17)27(24,25)15-6-4-3-5-14(15)20(22)23/h3-10H,2,11,17H2,1H3,(H,18,21). The van der Waals surface area contributed by atoms with Crippen molar-refractivity contribution in [2.75, 3.05) is 17.5 Å². The topological polar surface area (TPSA) is 145 Å². The maximum atomic E-state index is 13.1. The lowest BCUT2D eigenvalue weighted by atomic mass is 10.3. The van der Waals surface area contributed by atoms with E-state index in [4.69, 9.17) is 10.6 Å². The van der Waals surface area contributed by atoms with Crippen molar-refractivity contribution in [2.45, 2.75) is 11.8 Å². The Labute approximate surface area is 155 Å². The van der Waals surface area contributed by atoms with Crippen LogP contribution in [0.1, 0.15) is 6.92 Å². The fourth-order valence-corrected chi connectivity index (χ4v) is 3.89. The Morgan fingerprint density at radius 2 is 1.85 bits per heavy atom. The Balaban J connectivity index is 2.56. The SMILES string of the molecule is CCOc1ccc(N(CC(=O)NN)S(=O)(=O)c2ccccc2[N+](=O)[O-])cc1. The van der Waals surface area contributed by atoms with Crippen LogP contribution < -0.4 is 20.3 Å². The van der Waals surface area contributed by atoms with Crippen molar-refractivity contribution in [1.29, 1.82) is 0 Å². The van der Waals surface area contributed by atoms with Crippen LogP contribution in [0.5, 0.6) is 5.75 Å². The average molecular weight is 394 g/mol. The fraction of sp³-hybridized carbons (Fsp3) is 0.188. The number of anilines is 1. The summed E-state index contributed by atoms with van der Waals surface area (Å²) < 4.78 is 32.2. The summed E-state index contributed by atoms with van der Waals surface area (Å²) in [6, 6.07) is 10.8. The number of hydrogen-bond donors (Lipinski definition) is 2. The molecule has 2 aromatic carbocycles. The molecule has 0 aliphatic heterocycles. The fourth-order valence-electron chi connectivity index (χ4n) is 2.31. The van der Waals surface area contributed by atoms with Gasteiger partial charge in [0.05, 0.1) is 17.2 Å². The Kier molecular flexibility index (Phi) is 6.32. The molecule has 0 saturated heterocycles. The third-order valence-corrected chi connectivity index (χ3v) is 5.34. The molecule has 0 aliphatic carbocycles. The van der Waals surface area contributed by atoms with Crippen LogP contribution in [0.3, 0.4) is 0 Å². The molecule has 0 aromatic heterocycles. The number of carbonyl (C=O) groups is 1. The minimum absolute atomic E-state index is 0.125. The van der Waals surface area contributed by atoms with Gasteiger partial charge in [-0.2, -0.15) is 0 Å². The summed E-state index contributed by atoms with van der Waals surface area (Å²) in [5.74, 6) is 4.79. The van der Waals surface area contributed by atoms with Gasteiger partial charge in [-0.05, 0) is 37.3 Å². The van der Waals surface area contributed by atoms with Crippen LogP contribution in [0.15, 0.2) is 53.4 Å². The van der Waals surface area contributed by atoms with Gasteiger partial charge in [0.15, 0.2) is 4.90 Å². The maximum Gasteiger partial charge on any atom is 0.289 e. The summed E-state index contributed by atoms with van der Waals surface area (Å²) in [5.41, 5.74) is 1.38. The molecule has 0 aliphatic rings. The molecule has 0 radical (unpaired) electrons. The highest BCUT2D eigenvalue weighted by Crippen LogP contribution is 2.30. The van der Waals surface area contributed by atoms with E-state index in [9.17, 15) is 23.3 Å². The number of carbonyl (C=O) groups excluding carboxylic acids is 1. The first-order valence-corrected chi connectivity index (χ1v) is 9.23. The Morgan fingerprint density at radius 1 is 1.22 bits per heavy atom. The summed E-state index contributed by atoms with van der Waals surface area (Å²) in [4.78, 5) is 21.7. The largest absolute Gasteiger partial charge is 0.494 e. The molecule has 11 heteroatoms. The molecule has 144 valence electrons. The summed E-state index contributed by atoms with van der Waals surface area (Å²) >= 11 is 0. The molecular weight excluding hydrogens is 376 g/mol. The third-order valence-electron chi connectivity index (χ3n) is 3.51. The van der Waals surface area contributed by atoms with Gasteiger partial charge in [-0.1, -0.05) is 12.1 Å². The van der Waals surface area contributed by atoms with E-state index < -0.39 is 38.0 Å². The number of nitro benzene ring substituents is 1. The maximum absolute atomic E-state index is 13.1. The van der Waals surface area contributed by atoms with E-state index in [1.807, 2.05) is 5.43 Å². The minimum Gasteiger partial charge on any atom is -0.494 e. The van der Waals surface area contributed by atoms with Gasteiger partial charge in [0, 0.05) is 6.07 Å². The Bertz CT molecular complexity index is 930. The van der Waals surface area contributed by atoms with Gasteiger partial charge < -0.3 is 4.74 Å². The molecule has 0 saturated carbocycles. The molecular formula is C16H18N4O6S. The van der Waals surface area contributed by atoms with Crippen molar-refractivity contribution in [1.82, 2.24) is 5.43 Å². The van der Waals surface area contributed by atoms with Crippen LogP contribution in [0.25, 0.3) is 0 Å². The third kappa shape index (κ3) is 4.51. The minimum atomic E-state index is -4.43. The number of nitrogens with two attached hydrogens (primary N) is 1. The van der Waals surface area contributed by atoms with Gasteiger partial charge in [0.25, 0.3) is 21.6 Å². The number of nitrogens with zero attached hydrogens (tertiary/aromatic N) is 2. The van der Waals surface area contributed by atoms with E-state index in [0.29, 0.717) is 12.4 Å². The van der Waals surface area contributed by atoms with E-state index in [1.165, 1.54) is 36.4 Å². The van der Waals surface area contributed by atoms with E-state index in [0.717, 1.165) is 16.4 Å². The second-order valence-corrected chi connectivity index (χ2v) is 7.06. The molecule has 0 unspecified atom stereocenters. The first kappa shape index (κ1) is 20.1. The van der Waals surface area contributed by atoms with Crippen LogP contribution >= 0.6 is 0 Å². The lowest BCUT2D eigenvalue weighted by molar-refractivity contribution is -0.387. The van der Waals surface area contributed by atoms with Crippen LogP contribution in [-0.4, -0.2) is 32.4 Å². The zero-order valence-corrected chi connectivity index (χ0v) is 15.2. The average Bonchev–Trinajstić information content (AvgIpc) is 2.66. The van der Waals surface area contributed by atoms with Crippen LogP contribution in [0.4, 0.5) is 11.4 Å². The second-order valence-electron chi connectivity index (χ2n) is 5.23. The lowest BCUT2D eigenvalue weighted by Gasteiger charge is -2.23. The number of para-hydroxylation sites is 1. The summed E-state index contributed by atoms with van der Waals surface area (Å²) in [6.45, 7) is 1.57. The molecule has 0 atom stereocenters. The van der Waals surface area contributed by atoms with Crippen molar-refractivity contribution in [3.05, 3.63) is 58.6 Å². The number of amides is 1. The molecule has 27 heavy (non-hydrogen) atoms. The number of hydrazine groups is 1. The molecule has 10 nitrogen and oxygen atoms in total. The van der Waals surface area contributed by atoms with Crippen molar-refractivity contribution < 1.29 is 22.9 Å². The highest BCUT2D eigenvalue weighted by atomic mass is 32.2. The quantitative estimate of drug-likeness (QED) is 0.296. The molecule has 2 rings (SSSR count). The first-order valence-electron chi connectivity index (χ1n) is 7.79. The van der Waals surface area contributed by atoms with Gasteiger partial charge in [-0.3, -0.25) is 24.6 Å². The predicted octanol–water partition coefficient (Wildman–Crippen LogP) is 1.18. The summed E-state index contributed by atoms with van der Waals surface area (Å²) in [5, 5.41) is 11.2. The number of sulfonamides is 1. The van der Waals surface area contributed by atoms with Gasteiger partial charge in [-0.25, -0.2) is 14.3 Å². The van der Waals surface area contributed by atoms with Crippen LogP contribution in [0, 0.1) is 10.1 Å². The molecule has 1 amide bonds. The highest BCUT2D eigenvalue weighted by molar-refractivity contribution is 7.93. The highest BCUT2D eigenvalue weighted by Gasteiger charge is 2.33. The van der Waals surface area contributed by atoms with Crippen molar-refractivity contribution >= 4 is 27.3 Å².